The first-order chi connectivity index (χ1) is 10.0. The van der Waals surface area contributed by atoms with Crippen LogP contribution >= 0.6 is 0 Å². The fourth-order valence-electron chi connectivity index (χ4n) is 3.02. The zero-order valence-corrected chi connectivity index (χ0v) is 12.2. The van der Waals surface area contributed by atoms with Crippen LogP contribution in [0.5, 0.6) is 0 Å². The van der Waals surface area contributed by atoms with Crippen molar-refractivity contribution in [2.24, 2.45) is 16.9 Å². The van der Waals surface area contributed by atoms with Gasteiger partial charge in [-0.25, -0.2) is 0 Å². The number of nitrogens with one attached hydrogen (secondary N) is 1. The van der Waals surface area contributed by atoms with Gasteiger partial charge >= 0.3 is 0 Å². The number of nitrogens with two attached hydrogens (primary N) is 2. The number of carbonyl (C=O) groups is 2. The smallest absolute Gasteiger partial charge is 0.248 e. The first-order valence-corrected chi connectivity index (χ1v) is 7.44. The average molecular weight is 289 g/mol. The predicted octanol–water partition coefficient (Wildman–Crippen LogP) is 2.02. The van der Waals surface area contributed by atoms with Crippen LogP contribution in [0.2, 0.25) is 0 Å². The summed E-state index contributed by atoms with van der Waals surface area (Å²) in [5.41, 5.74) is 12.1. The largest absolute Gasteiger partial charge is 0.366 e. The maximum absolute atomic E-state index is 12.2. The molecule has 0 aromatic heterocycles. The number of benzene rings is 1. The summed E-state index contributed by atoms with van der Waals surface area (Å²) in [4.78, 5) is 23.2. The van der Waals surface area contributed by atoms with E-state index in [1.165, 1.54) is 6.42 Å². The second-order valence-electron chi connectivity index (χ2n) is 5.93. The molecule has 0 heterocycles. The molecule has 2 rings (SSSR count). The maximum Gasteiger partial charge on any atom is 0.248 e. The van der Waals surface area contributed by atoms with Crippen molar-refractivity contribution in [3.05, 3.63) is 29.8 Å². The van der Waals surface area contributed by atoms with E-state index in [9.17, 15) is 9.59 Å². The van der Waals surface area contributed by atoms with Crippen molar-refractivity contribution in [2.75, 3.05) is 11.9 Å². The molecule has 114 valence electrons. The first kappa shape index (κ1) is 15.5. The van der Waals surface area contributed by atoms with Crippen LogP contribution in [-0.4, -0.2) is 18.4 Å². The summed E-state index contributed by atoms with van der Waals surface area (Å²) in [6.07, 6.45) is 6.05. The molecule has 0 aliphatic heterocycles. The van der Waals surface area contributed by atoms with E-state index in [0.29, 0.717) is 24.2 Å². The molecule has 5 nitrogen and oxygen atoms in total. The van der Waals surface area contributed by atoms with Crippen molar-refractivity contribution in [2.45, 2.75) is 38.5 Å². The van der Waals surface area contributed by atoms with Gasteiger partial charge in [0.1, 0.15) is 0 Å². The van der Waals surface area contributed by atoms with Gasteiger partial charge in [-0.2, -0.15) is 0 Å². The molecule has 1 fully saturated rings. The van der Waals surface area contributed by atoms with E-state index < -0.39 is 5.91 Å². The first-order valence-electron chi connectivity index (χ1n) is 7.44. The lowest BCUT2D eigenvalue weighted by Gasteiger charge is -2.35. The van der Waals surface area contributed by atoms with Crippen LogP contribution in [0.4, 0.5) is 5.69 Å². The molecule has 0 saturated heterocycles. The summed E-state index contributed by atoms with van der Waals surface area (Å²) < 4.78 is 0. The van der Waals surface area contributed by atoms with Crippen molar-refractivity contribution in [3.63, 3.8) is 0 Å². The molecule has 5 heteroatoms. The monoisotopic (exact) mass is 289 g/mol. The van der Waals surface area contributed by atoms with E-state index in [1.54, 1.807) is 24.3 Å². The zero-order valence-electron chi connectivity index (χ0n) is 12.2. The quantitative estimate of drug-likeness (QED) is 0.773. The summed E-state index contributed by atoms with van der Waals surface area (Å²) in [5, 5.41) is 2.87. The standard InChI is InChI=1S/C16H23N3O2/c17-11-16(8-2-1-3-9-16)10-14(20)19-13-6-4-12(5-7-13)15(18)21/h4-7H,1-3,8-11,17H2,(H2,18,21)(H,19,20). The van der Waals surface area contributed by atoms with Crippen molar-refractivity contribution in [3.8, 4) is 0 Å². The fourth-order valence-corrected chi connectivity index (χ4v) is 3.02. The Morgan fingerprint density at radius 1 is 1.10 bits per heavy atom. The van der Waals surface area contributed by atoms with E-state index in [2.05, 4.69) is 5.32 Å². The third-order valence-electron chi connectivity index (χ3n) is 4.34. The Morgan fingerprint density at radius 2 is 1.71 bits per heavy atom. The molecule has 5 N–H and O–H groups in total. The summed E-state index contributed by atoms with van der Waals surface area (Å²) in [6.45, 7) is 0.557. The SMILES string of the molecule is NCC1(CC(=O)Nc2ccc(C(N)=O)cc2)CCCCC1. The molecule has 1 saturated carbocycles. The number of hydrogen-bond acceptors (Lipinski definition) is 3. The normalized spacial score (nSPS) is 17.2. The molecule has 1 aliphatic rings. The molecule has 0 atom stereocenters. The molecule has 2 amide bonds. The summed E-state index contributed by atoms with van der Waals surface area (Å²) in [5.74, 6) is -0.494. The lowest BCUT2D eigenvalue weighted by Crippen LogP contribution is -2.36. The van der Waals surface area contributed by atoms with Gasteiger partial charge in [-0.15, -0.1) is 0 Å². The highest BCUT2D eigenvalue weighted by atomic mass is 16.2. The number of carbonyl (C=O) groups excluding carboxylic acids is 2. The van der Waals surface area contributed by atoms with Gasteiger partial charge in [-0.05, 0) is 49.1 Å². The maximum atomic E-state index is 12.2. The van der Waals surface area contributed by atoms with Gasteiger partial charge in [0.05, 0.1) is 0 Å². The number of rotatable bonds is 5. The van der Waals surface area contributed by atoms with Crippen molar-refractivity contribution in [1.82, 2.24) is 0 Å². The molecule has 0 bridgehead atoms. The second kappa shape index (κ2) is 6.72. The average Bonchev–Trinajstić information content (AvgIpc) is 2.48. The Hall–Kier alpha value is -1.88. The van der Waals surface area contributed by atoms with Crippen LogP contribution in [0.3, 0.4) is 0 Å². The minimum atomic E-state index is -0.475. The van der Waals surface area contributed by atoms with Crippen LogP contribution < -0.4 is 16.8 Å². The number of anilines is 1. The Balaban J connectivity index is 1.95. The van der Waals surface area contributed by atoms with E-state index in [0.717, 1.165) is 25.7 Å². The molecule has 1 aromatic rings. The highest BCUT2D eigenvalue weighted by molar-refractivity contribution is 5.94. The third-order valence-corrected chi connectivity index (χ3v) is 4.34. The topological polar surface area (TPSA) is 98.2 Å². The van der Waals surface area contributed by atoms with Gasteiger partial charge in [-0.1, -0.05) is 19.3 Å². The molecule has 1 aromatic carbocycles. The molecule has 0 spiro atoms. The Labute approximate surface area is 125 Å². The molecular formula is C16H23N3O2. The molecule has 0 unspecified atom stereocenters. The van der Waals surface area contributed by atoms with Crippen molar-refractivity contribution < 1.29 is 9.59 Å². The minimum absolute atomic E-state index is 0.0193. The van der Waals surface area contributed by atoms with Crippen LogP contribution in [0.15, 0.2) is 24.3 Å². The highest BCUT2D eigenvalue weighted by Crippen LogP contribution is 2.38. The van der Waals surface area contributed by atoms with Crippen LogP contribution in [-0.2, 0) is 4.79 Å². The summed E-state index contributed by atoms with van der Waals surface area (Å²) in [6, 6.07) is 6.59. The Kier molecular flexibility index (Phi) is 4.96. The van der Waals surface area contributed by atoms with E-state index in [1.807, 2.05) is 0 Å². The molecule has 0 radical (unpaired) electrons. The predicted molar refractivity (Wildman–Crippen MR) is 82.8 cm³/mol. The summed E-state index contributed by atoms with van der Waals surface area (Å²) in [7, 11) is 0. The third kappa shape index (κ3) is 4.04. The minimum Gasteiger partial charge on any atom is -0.366 e. The second-order valence-corrected chi connectivity index (χ2v) is 5.93. The Morgan fingerprint density at radius 3 is 2.24 bits per heavy atom. The van der Waals surface area contributed by atoms with Crippen LogP contribution in [0.1, 0.15) is 48.9 Å². The number of amides is 2. The van der Waals surface area contributed by atoms with Crippen LogP contribution in [0, 0.1) is 5.41 Å². The number of primary amides is 1. The lowest BCUT2D eigenvalue weighted by atomic mass is 9.71. The van der Waals surface area contributed by atoms with Gasteiger partial charge in [0, 0.05) is 17.7 Å². The van der Waals surface area contributed by atoms with Gasteiger partial charge < -0.3 is 16.8 Å². The van der Waals surface area contributed by atoms with Crippen LogP contribution in [0.25, 0.3) is 0 Å². The Bertz CT molecular complexity index is 505. The molecule has 1 aliphatic carbocycles. The highest BCUT2D eigenvalue weighted by Gasteiger charge is 2.32. The van der Waals surface area contributed by atoms with Crippen molar-refractivity contribution >= 4 is 17.5 Å². The van der Waals surface area contributed by atoms with E-state index in [4.69, 9.17) is 11.5 Å². The summed E-state index contributed by atoms with van der Waals surface area (Å²) >= 11 is 0. The molecule has 21 heavy (non-hydrogen) atoms. The van der Waals surface area contributed by atoms with Gasteiger partial charge in [0.15, 0.2) is 0 Å². The number of hydrogen-bond donors (Lipinski definition) is 3. The van der Waals surface area contributed by atoms with Gasteiger partial charge in [0.25, 0.3) is 0 Å². The fraction of sp³-hybridized carbons (Fsp3) is 0.500. The van der Waals surface area contributed by atoms with Crippen molar-refractivity contribution in [1.29, 1.82) is 0 Å². The van der Waals surface area contributed by atoms with Gasteiger partial charge in [-0.3, -0.25) is 9.59 Å². The lowest BCUT2D eigenvalue weighted by molar-refractivity contribution is -0.118. The molecular weight excluding hydrogens is 266 g/mol. The van der Waals surface area contributed by atoms with E-state index in [-0.39, 0.29) is 11.3 Å². The zero-order chi connectivity index (χ0) is 15.3. The van der Waals surface area contributed by atoms with E-state index >= 15 is 0 Å². The van der Waals surface area contributed by atoms with Gasteiger partial charge in [0.2, 0.25) is 11.8 Å².